The van der Waals surface area contributed by atoms with Crippen LogP contribution in [-0.2, 0) is 13.5 Å². The highest BCUT2D eigenvalue weighted by atomic mass is 16.5. The van der Waals surface area contributed by atoms with Gasteiger partial charge in [0.15, 0.2) is 5.78 Å². The van der Waals surface area contributed by atoms with Crippen LogP contribution >= 0.6 is 0 Å². The van der Waals surface area contributed by atoms with Crippen molar-refractivity contribution in [3.8, 4) is 5.75 Å². The molecule has 0 bridgehead atoms. The molecule has 94 valence electrons. The van der Waals surface area contributed by atoms with Gasteiger partial charge in [-0.25, -0.2) is 4.98 Å². The Bertz CT molecular complexity index is 546. The predicted molar refractivity (Wildman–Crippen MR) is 68.9 cm³/mol. The number of methoxy groups -OCH3 is 1. The average Bonchev–Trinajstić information content (AvgIpc) is 2.81. The number of ketones is 1. The summed E-state index contributed by atoms with van der Waals surface area (Å²) in [5.41, 5.74) is 0.684. The third-order valence-electron chi connectivity index (χ3n) is 2.89. The van der Waals surface area contributed by atoms with E-state index in [4.69, 9.17) is 4.74 Å². The Labute approximate surface area is 106 Å². The number of aryl methyl sites for hydroxylation is 2. The number of carbonyl (C=O) groups excluding carboxylic acids is 1. The lowest BCUT2D eigenvalue weighted by atomic mass is 10.1. The number of carbonyl (C=O) groups is 1. The summed E-state index contributed by atoms with van der Waals surface area (Å²) in [6.45, 7) is 0. The van der Waals surface area contributed by atoms with Crippen molar-refractivity contribution in [2.75, 3.05) is 7.11 Å². The number of rotatable bonds is 5. The standard InChI is InChI=1S/C14H16N2O2/c1-16-9-8-15-14(16)7-6-13(17)11-4-3-5-12(10-11)18-2/h3-5,8-10H,6-7H2,1-2H3. The van der Waals surface area contributed by atoms with Gasteiger partial charge in [-0.1, -0.05) is 12.1 Å². The molecule has 0 radical (unpaired) electrons. The molecule has 0 saturated carbocycles. The molecule has 0 aliphatic carbocycles. The SMILES string of the molecule is COc1cccc(C(=O)CCc2nccn2C)c1. The van der Waals surface area contributed by atoms with Crippen LogP contribution < -0.4 is 4.74 Å². The normalized spacial score (nSPS) is 10.3. The molecule has 0 amide bonds. The fourth-order valence-electron chi connectivity index (χ4n) is 1.80. The molecular formula is C14H16N2O2. The average molecular weight is 244 g/mol. The Hall–Kier alpha value is -2.10. The molecule has 0 spiro atoms. The summed E-state index contributed by atoms with van der Waals surface area (Å²) in [5, 5.41) is 0. The molecule has 0 unspecified atom stereocenters. The van der Waals surface area contributed by atoms with Crippen molar-refractivity contribution in [2.24, 2.45) is 7.05 Å². The molecule has 18 heavy (non-hydrogen) atoms. The Kier molecular flexibility index (Phi) is 3.77. The number of hydrogen-bond donors (Lipinski definition) is 0. The first-order chi connectivity index (χ1) is 8.70. The Balaban J connectivity index is 2.01. The Morgan fingerprint density at radius 2 is 2.28 bits per heavy atom. The van der Waals surface area contributed by atoms with Crippen molar-refractivity contribution in [3.05, 3.63) is 48.0 Å². The number of benzene rings is 1. The van der Waals surface area contributed by atoms with Crippen molar-refractivity contribution in [1.82, 2.24) is 9.55 Å². The van der Waals surface area contributed by atoms with E-state index in [2.05, 4.69) is 4.98 Å². The van der Waals surface area contributed by atoms with Crippen molar-refractivity contribution in [1.29, 1.82) is 0 Å². The van der Waals surface area contributed by atoms with Gasteiger partial charge in [-0.15, -0.1) is 0 Å². The first-order valence-electron chi connectivity index (χ1n) is 5.84. The van der Waals surface area contributed by atoms with Crippen LogP contribution in [0.25, 0.3) is 0 Å². The summed E-state index contributed by atoms with van der Waals surface area (Å²) in [7, 11) is 3.52. The van der Waals surface area contributed by atoms with Gasteiger partial charge in [0.2, 0.25) is 0 Å². The first kappa shape index (κ1) is 12.4. The quantitative estimate of drug-likeness (QED) is 0.758. The Morgan fingerprint density at radius 3 is 2.94 bits per heavy atom. The van der Waals surface area contributed by atoms with Crippen LogP contribution in [0.4, 0.5) is 0 Å². The molecule has 1 aromatic carbocycles. The monoisotopic (exact) mass is 244 g/mol. The summed E-state index contributed by atoms with van der Waals surface area (Å²) >= 11 is 0. The van der Waals surface area contributed by atoms with Gasteiger partial charge in [0.1, 0.15) is 11.6 Å². The number of Topliss-reactive ketones (excluding diaryl/α,β-unsaturated/α-hetero) is 1. The minimum Gasteiger partial charge on any atom is -0.497 e. The highest BCUT2D eigenvalue weighted by molar-refractivity contribution is 5.96. The number of nitrogens with zero attached hydrogens (tertiary/aromatic N) is 2. The van der Waals surface area contributed by atoms with E-state index in [1.165, 1.54) is 0 Å². The van der Waals surface area contributed by atoms with Gasteiger partial charge < -0.3 is 9.30 Å². The molecular weight excluding hydrogens is 228 g/mol. The van der Waals surface area contributed by atoms with E-state index < -0.39 is 0 Å². The zero-order valence-corrected chi connectivity index (χ0v) is 10.6. The zero-order chi connectivity index (χ0) is 13.0. The third-order valence-corrected chi connectivity index (χ3v) is 2.89. The molecule has 0 saturated heterocycles. The second-order valence-electron chi connectivity index (χ2n) is 4.11. The molecule has 0 aliphatic rings. The van der Waals surface area contributed by atoms with Gasteiger partial charge in [-0.3, -0.25) is 4.79 Å². The highest BCUT2D eigenvalue weighted by Gasteiger charge is 2.08. The molecule has 0 atom stereocenters. The largest absolute Gasteiger partial charge is 0.497 e. The van der Waals surface area contributed by atoms with Gasteiger partial charge in [0.25, 0.3) is 0 Å². The zero-order valence-electron chi connectivity index (χ0n) is 10.6. The van der Waals surface area contributed by atoms with Gasteiger partial charge in [0, 0.05) is 37.8 Å². The summed E-state index contributed by atoms with van der Waals surface area (Å²) in [4.78, 5) is 16.2. The molecule has 0 fully saturated rings. The van der Waals surface area contributed by atoms with Crippen molar-refractivity contribution < 1.29 is 9.53 Å². The van der Waals surface area contributed by atoms with E-state index in [9.17, 15) is 4.79 Å². The second kappa shape index (κ2) is 5.49. The summed E-state index contributed by atoms with van der Waals surface area (Å²) < 4.78 is 7.04. The number of imidazole rings is 1. The fraction of sp³-hybridized carbons (Fsp3) is 0.286. The smallest absolute Gasteiger partial charge is 0.163 e. The van der Waals surface area contributed by atoms with E-state index in [1.807, 2.05) is 36.0 Å². The van der Waals surface area contributed by atoms with Crippen molar-refractivity contribution in [2.45, 2.75) is 12.8 Å². The van der Waals surface area contributed by atoms with Crippen molar-refractivity contribution in [3.63, 3.8) is 0 Å². The summed E-state index contributed by atoms with van der Waals surface area (Å²) in [6, 6.07) is 7.23. The number of aromatic nitrogens is 2. The van der Waals surface area contributed by atoms with Crippen LogP contribution in [0.15, 0.2) is 36.7 Å². The molecule has 4 heteroatoms. The molecule has 1 heterocycles. The maximum atomic E-state index is 12.0. The minimum absolute atomic E-state index is 0.108. The van der Waals surface area contributed by atoms with Crippen LogP contribution in [0, 0.1) is 0 Å². The van der Waals surface area contributed by atoms with Crippen molar-refractivity contribution >= 4 is 5.78 Å². The highest BCUT2D eigenvalue weighted by Crippen LogP contribution is 2.14. The molecule has 4 nitrogen and oxygen atoms in total. The maximum Gasteiger partial charge on any atom is 0.163 e. The third kappa shape index (κ3) is 2.77. The van der Waals surface area contributed by atoms with Gasteiger partial charge >= 0.3 is 0 Å². The Morgan fingerprint density at radius 1 is 1.44 bits per heavy atom. The number of ether oxygens (including phenoxy) is 1. The summed E-state index contributed by atoms with van der Waals surface area (Å²) in [6.07, 6.45) is 4.73. The fourth-order valence-corrected chi connectivity index (χ4v) is 1.80. The minimum atomic E-state index is 0.108. The van der Waals surface area contributed by atoms with Crippen LogP contribution in [0.2, 0.25) is 0 Å². The maximum absolute atomic E-state index is 12.0. The number of hydrogen-bond acceptors (Lipinski definition) is 3. The summed E-state index contributed by atoms with van der Waals surface area (Å²) in [5.74, 6) is 1.74. The first-order valence-corrected chi connectivity index (χ1v) is 5.84. The topological polar surface area (TPSA) is 44.1 Å². The van der Waals surface area contributed by atoms with Gasteiger partial charge in [0.05, 0.1) is 7.11 Å². The van der Waals surface area contributed by atoms with Gasteiger partial charge in [-0.05, 0) is 12.1 Å². The van der Waals surface area contributed by atoms with Gasteiger partial charge in [-0.2, -0.15) is 0 Å². The molecule has 1 aromatic heterocycles. The van der Waals surface area contributed by atoms with E-state index in [-0.39, 0.29) is 5.78 Å². The lowest BCUT2D eigenvalue weighted by Gasteiger charge is -2.04. The van der Waals surface area contributed by atoms with Crippen LogP contribution in [0.5, 0.6) is 5.75 Å². The van der Waals surface area contributed by atoms with E-state index >= 15 is 0 Å². The van der Waals surface area contributed by atoms with Crippen LogP contribution in [0.1, 0.15) is 22.6 Å². The molecule has 2 aromatic rings. The lowest BCUT2D eigenvalue weighted by molar-refractivity contribution is 0.0981. The van der Waals surface area contributed by atoms with E-state index in [0.717, 1.165) is 5.82 Å². The molecule has 0 N–H and O–H groups in total. The van der Waals surface area contributed by atoms with E-state index in [0.29, 0.717) is 24.2 Å². The molecule has 2 rings (SSSR count). The van der Waals surface area contributed by atoms with Crippen LogP contribution in [-0.4, -0.2) is 22.4 Å². The molecule has 0 aliphatic heterocycles. The lowest BCUT2D eigenvalue weighted by Crippen LogP contribution is -2.05. The van der Waals surface area contributed by atoms with Crippen LogP contribution in [0.3, 0.4) is 0 Å². The predicted octanol–water partition coefficient (Wildman–Crippen LogP) is 2.24. The van der Waals surface area contributed by atoms with E-state index in [1.54, 1.807) is 19.4 Å². The second-order valence-corrected chi connectivity index (χ2v) is 4.11.